The maximum absolute atomic E-state index is 3.42. The van der Waals surface area contributed by atoms with E-state index in [1.165, 1.54) is 44.2 Å². The van der Waals surface area contributed by atoms with Crippen LogP contribution in [0.25, 0.3) is 0 Å². The first kappa shape index (κ1) is 11.5. The molecule has 1 saturated carbocycles. The van der Waals surface area contributed by atoms with Crippen LogP contribution in [0, 0.1) is 0 Å². The number of rotatable bonds is 4. The molecule has 1 nitrogen and oxygen atoms in total. The highest BCUT2D eigenvalue weighted by atomic mass is 14.9. The molecule has 0 aliphatic heterocycles. The Labute approximate surface area is 99.3 Å². The maximum Gasteiger partial charge on any atom is 0.0340 e. The summed E-state index contributed by atoms with van der Waals surface area (Å²) in [7, 11) is 0. The van der Waals surface area contributed by atoms with Crippen LogP contribution in [-0.2, 0) is 0 Å². The van der Waals surface area contributed by atoms with Gasteiger partial charge in [0.1, 0.15) is 0 Å². The van der Waals surface area contributed by atoms with Crippen molar-refractivity contribution in [1.82, 2.24) is 0 Å². The fourth-order valence-corrected chi connectivity index (χ4v) is 2.58. The molecule has 0 heterocycles. The van der Waals surface area contributed by atoms with Crippen LogP contribution in [0.1, 0.15) is 56.9 Å². The normalized spacial score (nSPS) is 17.3. The van der Waals surface area contributed by atoms with Gasteiger partial charge in [-0.3, -0.25) is 0 Å². The number of hydrogen-bond acceptors (Lipinski definition) is 1. The second kappa shape index (κ2) is 5.93. The Morgan fingerprint density at radius 1 is 1.06 bits per heavy atom. The van der Waals surface area contributed by atoms with Crippen molar-refractivity contribution in [2.75, 3.05) is 11.9 Å². The summed E-state index contributed by atoms with van der Waals surface area (Å²) in [5.74, 6) is 0.828. The largest absolute Gasteiger partial charge is 0.385 e. The van der Waals surface area contributed by atoms with E-state index in [4.69, 9.17) is 0 Å². The Balaban J connectivity index is 1.95. The first-order chi connectivity index (χ1) is 7.90. The molecule has 0 saturated heterocycles. The molecule has 1 aromatic rings. The molecule has 1 aliphatic rings. The third-order valence-electron chi connectivity index (χ3n) is 3.57. The van der Waals surface area contributed by atoms with Crippen LogP contribution in [0.3, 0.4) is 0 Å². The van der Waals surface area contributed by atoms with Gasteiger partial charge >= 0.3 is 0 Å². The van der Waals surface area contributed by atoms with Crippen molar-refractivity contribution in [1.29, 1.82) is 0 Å². The molecule has 0 radical (unpaired) electrons. The lowest BCUT2D eigenvalue weighted by molar-refractivity contribution is 0.443. The van der Waals surface area contributed by atoms with Crippen LogP contribution in [0.15, 0.2) is 24.3 Å². The molecule has 1 heteroatoms. The van der Waals surface area contributed by atoms with E-state index in [0.717, 1.165) is 12.5 Å². The third-order valence-corrected chi connectivity index (χ3v) is 3.57. The molecule has 16 heavy (non-hydrogen) atoms. The van der Waals surface area contributed by atoms with Crippen molar-refractivity contribution < 1.29 is 0 Å². The molecule has 0 atom stereocenters. The number of benzene rings is 1. The second-order valence-electron chi connectivity index (χ2n) is 4.88. The van der Waals surface area contributed by atoms with Crippen molar-refractivity contribution in [3.8, 4) is 0 Å². The van der Waals surface area contributed by atoms with E-state index in [-0.39, 0.29) is 0 Å². The van der Waals surface area contributed by atoms with Gasteiger partial charge in [-0.25, -0.2) is 0 Å². The average Bonchev–Trinajstić information content (AvgIpc) is 2.38. The molecule has 0 aromatic heterocycles. The predicted molar refractivity (Wildman–Crippen MR) is 71.0 cm³/mol. The van der Waals surface area contributed by atoms with Crippen LogP contribution >= 0.6 is 0 Å². The van der Waals surface area contributed by atoms with E-state index >= 15 is 0 Å². The summed E-state index contributed by atoms with van der Waals surface area (Å²) in [5, 5.41) is 3.42. The lowest BCUT2D eigenvalue weighted by Gasteiger charge is -2.22. The SMILES string of the molecule is CCCNc1ccc(C2CCCCC2)cc1. The standard InChI is InChI=1S/C15H23N/c1-2-12-16-15-10-8-14(9-11-15)13-6-4-3-5-7-13/h8-11,13,16H,2-7,12H2,1H3. The fraction of sp³-hybridized carbons (Fsp3) is 0.600. The van der Waals surface area contributed by atoms with E-state index in [1.807, 2.05) is 0 Å². The summed E-state index contributed by atoms with van der Waals surface area (Å²) < 4.78 is 0. The van der Waals surface area contributed by atoms with Gasteiger partial charge in [0, 0.05) is 12.2 Å². The van der Waals surface area contributed by atoms with E-state index in [9.17, 15) is 0 Å². The Morgan fingerprint density at radius 2 is 1.75 bits per heavy atom. The average molecular weight is 217 g/mol. The molecule has 2 rings (SSSR count). The second-order valence-corrected chi connectivity index (χ2v) is 4.88. The van der Waals surface area contributed by atoms with Gasteiger partial charge in [0.2, 0.25) is 0 Å². The van der Waals surface area contributed by atoms with Crippen molar-refractivity contribution in [3.63, 3.8) is 0 Å². The fourth-order valence-electron chi connectivity index (χ4n) is 2.58. The van der Waals surface area contributed by atoms with Gasteiger partial charge in [0.05, 0.1) is 0 Å². The quantitative estimate of drug-likeness (QED) is 0.779. The minimum atomic E-state index is 0.828. The van der Waals surface area contributed by atoms with Gasteiger partial charge in [-0.05, 0) is 42.9 Å². The topological polar surface area (TPSA) is 12.0 Å². The minimum Gasteiger partial charge on any atom is -0.385 e. The number of nitrogens with one attached hydrogen (secondary N) is 1. The predicted octanol–water partition coefficient (Wildman–Crippen LogP) is 4.56. The van der Waals surface area contributed by atoms with Gasteiger partial charge in [0.25, 0.3) is 0 Å². The zero-order chi connectivity index (χ0) is 11.2. The highest BCUT2D eigenvalue weighted by Gasteiger charge is 2.14. The van der Waals surface area contributed by atoms with Crippen molar-refractivity contribution >= 4 is 5.69 Å². The van der Waals surface area contributed by atoms with Gasteiger partial charge in [0.15, 0.2) is 0 Å². The lowest BCUT2D eigenvalue weighted by atomic mass is 9.84. The highest BCUT2D eigenvalue weighted by Crippen LogP contribution is 2.32. The Morgan fingerprint density at radius 3 is 2.38 bits per heavy atom. The molecule has 0 unspecified atom stereocenters. The highest BCUT2D eigenvalue weighted by molar-refractivity contribution is 5.45. The smallest absolute Gasteiger partial charge is 0.0340 e. The van der Waals surface area contributed by atoms with Gasteiger partial charge in [-0.1, -0.05) is 38.3 Å². The molecule has 0 amide bonds. The Hall–Kier alpha value is -0.980. The van der Waals surface area contributed by atoms with Crippen LogP contribution in [0.4, 0.5) is 5.69 Å². The van der Waals surface area contributed by atoms with Crippen molar-refractivity contribution in [2.45, 2.75) is 51.4 Å². The molecule has 1 aliphatic carbocycles. The van der Waals surface area contributed by atoms with Crippen molar-refractivity contribution in [3.05, 3.63) is 29.8 Å². The molecule has 0 spiro atoms. The summed E-state index contributed by atoms with van der Waals surface area (Å²) in [6.45, 7) is 3.27. The van der Waals surface area contributed by atoms with Crippen LogP contribution < -0.4 is 5.32 Å². The summed E-state index contributed by atoms with van der Waals surface area (Å²) >= 11 is 0. The van der Waals surface area contributed by atoms with Crippen LogP contribution in [-0.4, -0.2) is 6.54 Å². The van der Waals surface area contributed by atoms with Gasteiger partial charge in [-0.2, -0.15) is 0 Å². The van der Waals surface area contributed by atoms with Crippen molar-refractivity contribution in [2.24, 2.45) is 0 Å². The first-order valence-electron chi connectivity index (χ1n) is 6.74. The zero-order valence-electron chi connectivity index (χ0n) is 10.3. The third kappa shape index (κ3) is 3.01. The molecule has 0 bridgehead atoms. The van der Waals surface area contributed by atoms with Crippen LogP contribution in [0.2, 0.25) is 0 Å². The Kier molecular flexibility index (Phi) is 4.26. The monoisotopic (exact) mass is 217 g/mol. The Bertz CT molecular complexity index is 296. The van der Waals surface area contributed by atoms with Crippen LogP contribution in [0.5, 0.6) is 0 Å². The summed E-state index contributed by atoms with van der Waals surface area (Å²) in [4.78, 5) is 0. The molecule has 1 aromatic carbocycles. The van der Waals surface area contributed by atoms with E-state index < -0.39 is 0 Å². The van der Waals surface area contributed by atoms with E-state index in [0.29, 0.717) is 0 Å². The minimum absolute atomic E-state index is 0.828. The molecular weight excluding hydrogens is 194 g/mol. The summed E-state index contributed by atoms with van der Waals surface area (Å²) in [6.07, 6.45) is 8.24. The molecular formula is C15H23N. The maximum atomic E-state index is 3.42. The van der Waals surface area contributed by atoms with E-state index in [2.05, 4.69) is 36.5 Å². The zero-order valence-corrected chi connectivity index (χ0v) is 10.3. The lowest BCUT2D eigenvalue weighted by Crippen LogP contribution is -2.05. The molecule has 88 valence electrons. The molecule has 1 N–H and O–H groups in total. The first-order valence-corrected chi connectivity index (χ1v) is 6.74. The van der Waals surface area contributed by atoms with E-state index in [1.54, 1.807) is 5.56 Å². The van der Waals surface area contributed by atoms with Gasteiger partial charge < -0.3 is 5.32 Å². The summed E-state index contributed by atoms with van der Waals surface area (Å²) in [6, 6.07) is 9.10. The van der Waals surface area contributed by atoms with Gasteiger partial charge in [-0.15, -0.1) is 0 Å². The summed E-state index contributed by atoms with van der Waals surface area (Å²) in [5.41, 5.74) is 2.81. The number of hydrogen-bond donors (Lipinski definition) is 1. The number of anilines is 1. The molecule has 1 fully saturated rings.